The van der Waals surface area contributed by atoms with Crippen molar-refractivity contribution < 1.29 is 61.5 Å². The molecular weight excluding hydrogens is 608 g/mol. The monoisotopic (exact) mass is 640 g/mol. The summed E-state index contributed by atoms with van der Waals surface area (Å²) in [5.74, 6) is -1.38. The predicted octanol–water partition coefficient (Wildman–Crippen LogP) is 3.00. The van der Waals surface area contributed by atoms with Crippen molar-refractivity contribution >= 4 is 34.8 Å². The molecule has 5 rings (SSSR count). The van der Waals surface area contributed by atoms with Gasteiger partial charge in [-0.1, -0.05) is 6.07 Å². The Labute approximate surface area is 262 Å². The van der Waals surface area contributed by atoms with Gasteiger partial charge in [0, 0.05) is 33.8 Å². The number of hydrogen-bond donors (Lipinski definition) is 0. The standard InChI is InChI=1S/C32H32O14/c1-15-27(20-6-9-23-25(12-20)39-11-10-38-23)28(37)22-8-7-21(13-24(22)41-15)45-32-31(44-19(5)36)30(43-18(4)35)29(42-17(3)34)26(46-32)14-40-16(2)33/h6-9,12-13,26,29-32H,10-11,14H2,1-5H3/t26-,29+,30+,31+,32+/m0/s1. The van der Waals surface area contributed by atoms with Gasteiger partial charge in [0.05, 0.1) is 10.9 Å². The summed E-state index contributed by atoms with van der Waals surface area (Å²) >= 11 is 0. The molecule has 2 aliphatic heterocycles. The number of esters is 4. The summed E-state index contributed by atoms with van der Waals surface area (Å²) in [6, 6.07) is 9.64. The quantitative estimate of drug-likeness (QED) is 0.260. The van der Waals surface area contributed by atoms with Crippen LogP contribution in [-0.2, 0) is 42.9 Å². The lowest BCUT2D eigenvalue weighted by molar-refractivity contribution is -0.288. The smallest absolute Gasteiger partial charge is 0.303 e. The van der Waals surface area contributed by atoms with Crippen LogP contribution < -0.4 is 19.6 Å². The molecule has 3 heterocycles. The van der Waals surface area contributed by atoms with Gasteiger partial charge in [0.1, 0.15) is 43.0 Å². The fourth-order valence-corrected chi connectivity index (χ4v) is 5.31. The van der Waals surface area contributed by atoms with Crippen molar-refractivity contribution in [3.63, 3.8) is 0 Å². The van der Waals surface area contributed by atoms with Crippen LogP contribution in [0.25, 0.3) is 22.1 Å². The largest absolute Gasteiger partial charge is 0.486 e. The van der Waals surface area contributed by atoms with Gasteiger partial charge in [0.2, 0.25) is 17.8 Å². The van der Waals surface area contributed by atoms with E-state index in [9.17, 15) is 24.0 Å². The predicted molar refractivity (Wildman–Crippen MR) is 156 cm³/mol. The van der Waals surface area contributed by atoms with E-state index in [0.29, 0.717) is 41.6 Å². The van der Waals surface area contributed by atoms with Crippen LogP contribution in [0.5, 0.6) is 17.2 Å². The Balaban J connectivity index is 1.50. The van der Waals surface area contributed by atoms with E-state index >= 15 is 0 Å². The number of fused-ring (bicyclic) bond motifs is 2. The van der Waals surface area contributed by atoms with Crippen LogP contribution in [0, 0.1) is 6.92 Å². The van der Waals surface area contributed by atoms with Gasteiger partial charge in [-0.05, 0) is 36.8 Å². The minimum Gasteiger partial charge on any atom is -0.486 e. The van der Waals surface area contributed by atoms with Gasteiger partial charge in [-0.15, -0.1) is 0 Å². The van der Waals surface area contributed by atoms with Crippen LogP contribution in [0.3, 0.4) is 0 Å². The summed E-state index contributed by atoms with van der Waals surface area (Å²) in [4.78, 5) is 61.4. The molecule has 1 saturated heterocycles. The molecule has 0 spiro atoms. The second-order valence-electron chi connectivity index (χ2n) is 10.6. The molecule has 2 aromatic carbocycles. The second kappa shape index (κ2) is 13.5. The lowest BCUT2D eigenvalue weighted by atomic mass is 9.98. The Morgan fingerprint density at radius 3 is 2.11 bits per heavy atom. The van der Waals surface area contributed by atoms with Gasteiger partial charge in [0.25, 0.3) is 0 Å². The highest BCUT2D eigenvalue weighted by atomic mass is 16.7. The van der Waals surface area contributed by atoms with Gasteiger partial charge in [-0.25, -0.2) is 0 Å². The molecule has 46 heavy (non-hydrogen) atoms. The summed E-state index contributed by atoms with van der Waals surface area (Å²) in [5.41, 5.74) is 0.828. The zero-order valence-corrected chi connectivity index (χ0v) is 25.7. The lowest BCUT2D eigenvalue weighted by Crippen LogP contribution is -2.63. The van der Waals surface area contributed by atoms with Crippen LogP contribution >= 0.6 is 0 Å². The Morgan fingerprint density at radius 1 is 0.783 bits per heavy atom. The first-order valence-electron chi connectivity index (χ1n) is 14.4. The first kappa shape index (κ1) is 32.3. The van der Waals surface area contributed by atoms with Crippen LogP contribution in [0.15, 0.2) is 45.6 Å². The molecule has 0 unspecified atom stereocenters. The zero-order valence-electron chi connectivity index (χ0n) is 25.7. The molecular formula is C32H32O14. The van der Waals surface area contributed by atoms with Crippen molar-refractivity contribution in [3.05, 3.63) is 52.4 Å². The lowest BCUT2D eigenvalue weighted by Gasteiger charge is -2.43. The summed E-state index contributed by atoms with van der Waals surface area (Å²) in [5, 5.41) is 0.254. The molecule has 14 nitrogen and oxygen atoms in total. The maximum atomic E-state index is 13.6. The van der Waals surface area contributed by atoms with Crippen LogP contribution in [0.1, 0.15) is 33.5 Å². The van der Waals surface area contributed by atoms with Crippen molar-refractivity contribution in [2.75, 3.05) is 19.8 Å². The number of carbonyl (C=O) groups is 4. The molecule has 0 saturated carbocycles. The van der Waals surface area contributed by atoms with Gasteiger partial charge in [-0.3, -0.25) is 24.0 Å². The molecule has 1 fully saturated rings. The summed E-state index contributed by atoms with van der Waals surface area (Å²) in [7, 11) is 0. The average Bonchev–Trinajstić information content (AvgIpc) is 2.98. The van der Waals surface area contributed by atoms with E-state index < -0.39 is 61.2 Å². The van der Waals surface area contributed by atoms with E-state index in [2.05, 4.69) is 0 Å². The highest BCUT2D eigenvalue weighted by Gasteiger charge is 2.53. The maximum absolute atomic E-state index is 13.6. The Bertz CT molecular complexity index is 1730. The van der Waals surface area contributed by atoms with E-state index in [1.807, 2.05) is 0 Å². The Morgan fingerprint density at radius 2 is 1.43 bits per heavy atom. The Hall–Kier alpha value is -5.11. The number of aryl methyl sites for hydroxylation is 1. The minimum atomic E-state index is -1.46. The molecule has 0 N–H and O–H groups in total. The third kappa shape index (κ3) is 7.07. The number of rotatable bonds is 8. The van der Waals surface area contributed by atoms with E-state index in [1.54, 1.807) is 25.1 Å². The van der Waals surface area contributed by atoms with Crippen molar-refractivity contribution in [3.8, 4) is 28.4 Å². The van der Waals surface area contributed by atoms with Gasteiger partial charge < -0.3 is 42.3 Å². The molecule has 0 bridgehead atoms. The molecule has 14 heteroatoms. The highest BCUT2D eigenvalue weighted by Crippen LogP contribution is 2.36. The first-order chi connectivity index (χ1) is 21.9. The summed E-state index contributed by atoms with van der Waals surface area (Å²) in [6.07, 6.45) is -6.81. The van der Waals surface area contributed by atoms with Crippen molar-refractivity contribution in [1.29, 1.82) is 0 Å². The van der Waals surface area contributed by atoms with Crippen LogP contribution in [0.4, 0.5) is 0 Å². The fourth-order valence-electron chi connectivity index (χ4n) is 5.31. The molecule has 0 aliphatic carbocycles. The van der Waals surface area contributed by atoms with E-state index in [4.69, 9.17) is 42.3 Å². The topological polar surface area (TPSA) is 172 Å². The SMILES string of the molecule is CC(=O)OC[C@@H]1O[C@@H](Oc2ccc3c(=O)c(-c4ccc5c(c4)OCCO5)c(C)oc3c2)[C@H](OC(C)=O)[C@H](OC(C)=O)[C@@H]1OC(C)=O. The highest BCUT2D eigenvalue weighted by molar-refractivity contribution is 5.84. The molecule has 0 amide bonds. The third-order valence-electron chi connectivity index (χ3n) is 7.07. The van der Waals surface area contributed by atoms with E-state index in [1.165, 1.54) is 25.1 Å². The Kier molecular flexibility index (Phi) is 9.46. The number of ether oxygens (including phenoxy) is 8. The van der Waals surface area contributed by atoms with Crippen LogP contribution in [0.2, 0.25) is 0 Å². The van der Waals surface area contributed by atoms with Crippen molar-refractivity contribution in [2.24, 2.45) is 0 Å². The molecule has 2 aliphatic rings. The molecule has 5 atom stereocenters. The zero-order chi connectivity index (χ0) is 33.1. The number of hydrogen-bond acceptors (Lipinski definition) is 14. The minimum absolute atomic E-state index is 0.128. The summed E-state index contributed by atoms with van der Waals surface area (Å²) in [6.45, 7) is 6.62. The normalized spacial score (nSPS) is 22.0. The number of benzene rings is 2. The first-order valence-corrected chi connectivity index (χ1v) is 14.4. The molecule has 3 aromatic rings. The van der Waals surface area contributed by atoms with Gasteiger partial charge in [0.15, 0.2) is 23.7 Å². The summed E-state index contributed by atoms with van der Waals surface area (Å²) < 4.78 is 50.7. The van der Waals surface area contributed by atoms with E-state index in [0.717, 1.165) is 20.8 Å². The molecule has 244 valence electrons. The second-order valence-corrected chi connectivity index (χ2v) is 10.6. The maximum Gasteiger partial charge on any atom is 0.303 e. The van der Waals surface area contributed by atoms with E-state index in [-0.39, 0.29) is 22.1 Å². The number of carbonyl (C=O) groups excluding carboxylic acids is 4. The fraction of sp³-hybridized carbons (Fsp3) is 0.406. The van der Waals surface area contributed by atoms with Crippen molar-refractivity contribution in [2.45, 2.75) is 65.3 Å². The van der Waals surface area contributed by atoms with Crippen molar-refractivity contribution in [1.82, 2.24) is 0 Å². The van der Waals surface area contributed by atoms with Gasteiger partial charge >= 0.3 is 23.9 Å². The van der Waals surface area contributed by atoms with Gasteiger partial charge in [-0.2, -0.15) is 0 Å². The van der Waals surface area contributed by atoms with Crippen LogP contribution in [-0.4, -0.2) is 74.4 Å². The molecule has 1 aromatic heterocycles. The average molecular weight is 641 g/mol. The molecule has 0 radical (unpaired) electrons. The third-order valence-corrected chi connectivity index (χ3v) is 7.07.